The molecule has 21 heavy (non-hydrogen) atoms. The summed E-state index contributed by atoms with van der Waals surface area (Å²) in [4.78, 5) is 26.7. The topological polar surface area (TPSA) is 79.3 Å². The van der Waals surface area contributed by atoms with Gasteiger partial charge in [-0.05, 0) is 52.2 Å². The maximum absolute atomic E-state index is 11.8. The Balaban J connectivity index is 1.89. The second kappa shape index (κ2) is 6.99. The molecule has 2 aromatic rings. The van der Waals surface area contributed by atoms with Crippen LogP contribution in [0.4, 0.5) is 0 Å². The quantitative estimate of drug-likeness (QED) is 0.869. The predicted molar refractivity (Wildman–Crippen MR) is 81.4 cm³/mol. The van der Waals surface area contributed by atoms with Crippen LogP contribution in [0, 0.1) is 0 Å². The fourth-order valence-electron chi connectivity index (χ4n) is 1.78. The molecule has 0 fully saturated rings. The normalized spacial score (nSPS) is 10.1. The summed E-state index contributed by atoms with van der Waals surface area (Å²) in [6.45, 7) is 0.416. The molecule has 0 aliphatic heterocycles. The molecule has 1 aromatic carbocycles. The van der Waals surface area contributed by atoms with Crippen LogP contribution in [0.3, 0.4) is 0 Å². The van der Waals surface area contributed by atoms with Crippen LogP contribution in [-0.4, -0.2) is 28.5 Å². The fraction of sp³-hybridized carbons (Fsp3) is 0.133. The largest absolute Gasteiger partial charge is 0.478 e. The maximum atomic E-state index is 11.8. The zero-order valence-electron chi connectivity index (χ0n) is 11.0. The number of carboxylic acids is 1. The molecule has 1 aromatic heterocycles. The van der Waals surface area contributed by atoms with E-state index in [1.54, 1.807) is 30.5 Å². The number of nitrogens with one attached hydrogen (secondary N) is 1. The van der Waals surface area contributed by atoms with E-state index in [0.717, 1.165) is 10.0 Å². The van der Waals surface area contributed by atoms with Crippen LogP contribution in [0.25, 0.3) is 0 Å². The Labute approximate surface area is 130 Å². The zero-order chi connectivity index (χ0) is 15.2. The summed E-state index contributed by atoms with van der Waals surface area (Å²) in [6.07, 6.45) is 2.12. The van der Waals surface area contributed by atoms with Crippen LogP contribution < -0.4 is 5.32 Å². The van der Waals surface area contributed by atoms with Crippen molar-refractivity contribution in [1.82, 2.24) is 10.3 Å². The van der Waals surface area contributed by atoms with E-state index in [2.05, 4.69) is 26.2 Å². The molecule has 108 valence electrons. The molecular weight excluding hydrogens is 336 g/mol. The number of carbonyl (C=O) groups is 2. The van der Waals surface area contributed by atoms with Gasteiger partial charge in [0.2, 0.25) is 0 Å². The van der Waals surface area contributed by atoms with Crippen molar-refractivity contribution < 1.29 is 14.7 Å². The van der Waals surface area contributed by atoms with Gasteiger partial charge in [-0.2, -0.15) is 0 Å². The Hall–Kier alpha value is -2.21. The van der Waals surface area contributed by atoms with E-state index in [0.29, 0.717) is 18.7 Å². The summed E-state index contributed by atoms with van der Waals surface area (Å²) in [7, 11) is 0. The summed E-state index contributed by atoms with van der Waals surface area (Å²) in [5.74, 6) is -1.21. The van der Waals surface area contributed by atoms with Gasteiger partial charge in [0.05, 0.1) is 5.56 Å². The lowest BCUT2D eigenvalue weighted by Crippen LogP contribution is -2.26. The lowest BCUT2D eigenvalue weighted by Gasteiger charge is -2.05. The van der Waals surface area contributed by atoms with Crippen LogP contribution in [0.15, 0.2) is 47.1 Å². The number of carbonyl (C=O) groups excluding carboxylic acids is 1. The Morgan fingerprint density at radius 2 is 2.05 bits per heavy atom. The number of rotatable bonds is 5. The monoisotopic (exact) mass is 348 g/mol. The maximum Gasteiger partial charge on any atom is 0.335 e. The van der Waals surface area contributed by atoms with Gasteiger partial charge in [0, 0.05) is 17.2 Å². The third-order valence-corrected chi connectivity index (χ3v) is 3.30. The average molecular weight is 349 g/mol. The first-order valence-electron chi connectivity index (χ1n) is 6.28. The van der Waals surface area contributed by atoms with Gasteiger partial charge >= 0.3 is 5.97 Å². The minimum Gasteiger partial charge on any atom is -0.478 e. The van der Waals surface area contributed by atoms with Gasteiger partial charge in [0.15, 0.2) is 0 Å². The summed E-state index contributed by atoms with van der Waals surface area (Å²) >= 11 is 3.25. The number of pyridine rings is 1. The highest BCUT2D eigenvalue weighted by molar-refractivity contribution is 9.10. The molecule has 0 aliphatic carbocycles. The van der Waals surface area contributed by atoms with E-state index in [1.165, 1.54) is 6.07 Å². The highest BCUT2D eigenvalue weighted by Crippen LogP contribution is 2.08. The van der Waals surface area contributed by atoms with Gasteiger partial charge in [-0.15, -0.1) is 0 Å². The number of hydrogen-bond acceptors (Lipinski definition) is 3. The van der Waals surface area contributed by atoms with Crippen LogP contribution in [-0.2, 0) is 6.42 Å². The number of aromatic nitrogens is 1. The van der Waals surface area contributed by atoms with Crippen molar-refractivity contribution in [3.8, 4) is 0 Å². The molecule has 6 heteroatoms. The molecule has 0 spiro atoms. The third-order valence-electron chi connectivity index (χ3n) is 2.83. The number of nitrogens with zero attached hydrogens (tertiary/aromatic N) is 1. The molecule has 0 atom stereocenters. The van der Waals surface area contributed by atoms with Gasteiger partial charge in [-0.3, -0.25) is 4.79 Å². The average Bonchev–Trinajstić information content (AvgIpc) is 2.48. The second-order valence-corrected chi connectivity index (χ2v) is 5.29. The number of amides is 1. The van der Waals surface area contributed by atoms with E-state index in [1.807, 2.05) is 6.07 Å². The Bertz CT molecular complexity index is 656. The van der Waals surface area contributed by atoms with E-state index in [9.17, 15) is 9.59 Å². The number of halogens is 1. The molecule has 1 amide bonds. The second-order valence-electron chi connectivity index (χ2n) is 4.37. The van der Waals surface area contributed by atoms with Crippen molar-refractivity contribution >= 4 is 27.8 Å². The Kier molecular flexibility index (Phi) is 5.05. The van der Waals surface area contributed by atoms with Crippen LogP contribution in [0.5, 0.6) is 0 Å². The minimum absolute atomic E-state index is 0.244. The lowest BCUT2D eigenvalue weighted by molar-refractivity contribution is 0.0696. The first-order valence-corrected chi connectivity index (χ1v) is 7.07. The SMILES string of the molecule is O=C(O)c1cccc(CCNC(=O)c2ccc(Br)cn2)c1. The molecule has 0 unspecified atom stereocenters. The summed E-state index contributed by atoms with van der Waals surface area (Å²) in [5, 5.41) is 11.7. The van der Waals surface area contributed by atoms with Crippen LogP contribution in [0.1, 0.15) is 26.4 Å². The van der Waals surface area contributed by atoms with Gasteiger partial charge < -0.3 is 10.4 Å². The van der Waals surface area contributed by atoms with Crippen molar-refractivity contribution in [3.05, 3.63) is 63.9 Å². The molecule has 2 rings (SSSR count). The highest BCUT2D eigenvalue weighted by atomic mass is 79.9. The summed E-state index contributed by atoms with van der Waals surface area (Å²) in [5.41, 5.74) is 1.45. The first-order chi connectivity index (χ1) is 10.1. The third kappa shape index (κ3) is 4.39. The van der Waals surface area contributed by atoms with Crippen molar-refractivity contribution in [3.63, 3.8) is 0 Å². The molecule has 0 saturated carbocycles. The molecule has 0 radical (unpaired) electrons. The van der Waals surface area contributed by atoms with Crippen molar-refractivity contribution in [2.24, 2.45) is 0 Å². The van der Waals surface area contributed by atoms with E-state index < -0.39 is 5.97 Å². The van der Waals surface area contributed by atoms with E-state index in [-0.39, 0.29) is 11.5 Å². The van der Waals surface area contributed by atoms with Gasteiger partial charge in [0.1, 0.15) is 5.69 Å². The fourth-order valence-corrected chi connectivity index (χ4v) is 2.02. The smallest absolute Gasteiger partial charge is 0.335 e. The zero-order valence-corrected chi connectivity index (χ0v) is 12.6. The molecule has 0 aliphatic rings. The molecule has 0 saturated heterocycles. The number of aromatic carboxylic acids is 1. The first kappa shape index (κ1) is 15.2. The standard InChI is InChI=1S/C15H13BrN2O3/c16-12-4-5-13(18-9-12)14(19)17-7-6-10-2-1-3-11(8-10)15(20)21/h1-5,8-9H,6-7H2,(H,17,19)(H,20,21). The van der Waals surface area contributed by atoms with E-state index in [4.69, 9.17) is 5.11 Å². The summed E-state index contributed by atoms with van der Waals surface area (Å²) in [6, 6.07) is 10.0. The van der Waals surface area contributed by atoms with Crippen molar-refractivity contribution in [2.45, 2.75) is 6.42 Å². The number of benzene rings is 1. The van der Waals surface area contributed by atoms with Crippen molar-refractivity contribution in [1.29, 1.82) is 0 Å². The minimum atomic E-state index is -0.958. The lowest BCUT2D eigenvalue weighted by atomic mass is 10.1. The van der Waals surface area contributed by atoms with E-state index >= 15 is 0 Å². The molecule has 1 heterocycles. The highest BCUT2D eigenvalue weighted by Gasteiger charge is 2.07. The number of carboxylic acid groups (broad SMARTS) is 1. The molecule has 5 nitrogen and oxygen atoms in total. The predicted octanol–water partition coefficient (Wildman–Crippen LogP) is 2.51. The van der Waals surface area contributed by atoms with Crippen LogP contribution >= 0.6 is 15.9 Å². The van der Waals surface area contributed by atoms with Gasteiger partial charge in [0.25, 0.3) is 5.91 Å². The molecule has 0 bridgehead atoms. The van der Waals surface area contributed by atoms with Crippen LogP contribution in [0.2, 0.25) is 0 Å². The Morgan fingerprint density at radius 1 is 1.24 bits per heavy atom. The van der Waals surface area contributed by atoms with Crippen molar-refractivity contribution in [2.75, 3.05) is 6.54 Å². The Morgan fingerprint density at radius 3 is 2.71 bits per heavy atom. The molecular formula is C15H13BrN2O3. The van der Waals surface area contributed by atoms with Gasteiger partial charge in [-0.1, -0.05) is 12.1 Å². The molecule has 2 N–H and O–H groups in total. The summed E-state index contributed by atoms with van der Waals surface area (Å²) < 4.78 is 0.810. The number of hydrogen-bond donors (Lipinski definition) is 2. The van der Waals surface area contributed by atoms with Gasteiger partial charge in [-0.25, -0.2) is 9.78 Å².